The molecule has 0 aromatic heterocycles. The SMILES string of the molecule is C=C1CC2C3CC4C(CCC[C@@]4(C)C(=O)O[C@@H]4O[C@H](CO)[C@@H](O)[C@](C)(O[C@@H]5O[C@H](CO)[C@@H](O)[C@H](O)[C@H]5O)[C@H]4O[C@@H]4O[C@H](CO)[C@@H](O)[C@H](O)[C@H]4O)C2[C@@H](C)C[C@]1(O[C@@H]1O[C@H](CO)[C@@H](O)[C@H](O[C@@H]2O[C@H](CO)[C@@H](O)[C@H](O)[C@H]2O)[C@H]1O[C@@H]1O[C@H](CO)[C@@H](O)[C@H](O)[C@H]1O)C3. The summed E-state index contributed by atoms with van der Waals surface area (Å²) < 4.78 is 73.8. The number of aliphatic hydroxyl groups is 20. The monoisotopic (exact) mass is 1300 g/mol. The van der Waals surface area contributed by atoms with Crippen LogP contribution in [0.25, 0.3) is 0 Å². The lowest BCUT2D eigenvalue weighted by atomic mass is 9.48. The summed E-state index contributed by atoms with van der Waals surface area (Å²) in [5, 5.41) is 217. The smallest absolute Gasteiger partial charge is 0.314 e. The number of hydrogen-bond acceptors (Lipinski definition) is 33. The van der Waals surface area contributed by atoms with Crippen molar-refractivity contribution in [1.29, 1.82) is 0 Å². The van der Waals surface area contributed by atoms with Gasteiger partial charge in [-0.2, -0.15) is 0 Å². The van der Waals surface area contributed by atoms with Gasteiger partial charge in [-0.25, -0.2) is 0 Å². The fourth-order valence-electron chi connectivity index (χ4n) is 16.3. The Morgan fingerprint density at radius 2 is 0.933 bits per heavy atom. The lowest BCUT2D eigenvalue weighted by Crippen LogP contribution is -2.72. The Hall–Kier alpha value is -2.03. The maximum Gasteiger partial charge on any atom is 0.314 e. The molecule has 38 atom stereocenters. The predicted molar refractivity (Wildman–Crippen MR) is 289 cm³/mol. The van der Waals surface area contributed by atoms with Gasteiger partial charge in [0.2, 0.25) is 6.29 Å². The summed E-state index contributed by atoms with van der Waals surface area (Å²) in [5.74, 6) is -2.23. The van der Waals surface area contributed by atoms with E-state index in [4.69, 9.17) is 56.8 Å². The van der Waals surface area contributed by atoms with Crippen molar-refractivity contribution in [1.82, 2.24) is 0 Å². The summed E-state index contributed by atoms with van der Waals surface area (Å²) in [6.45, 7) is 4.03. The van der Waals surface area contributed by atoms with Crippen LogP contribution in [0.3, 0.4) is 0 Å². The standard InChI is InChI=1S/C57H92O33/c1-18-10-57(90-52-45(86-49-41(74)37(70)32(65)25(13-59)80-49)44(35(68)28(16-62)83-52)85-48-40(73)36(69)31(64)24(12-58)79-48)11-20-9-23-21(30(18)22(20)8-19(57)2)6-5-7-55(23,3)54(78)88-53-47(87-50-42(75)38(71)33(66)26(14-60)81-50)56(4,46(77)29(17-63)84-53)89-51-43(76)39(72)34(67)27(15-61)82-51/h18,20-53,58-77H,2,5-17H2,1,3-4H3/t18-,20?,21?,22?,23?,24+,25+,26+,27+,28+,29+,30?,31+,32+,33+,34+,35+,36-,37-,38-,39-,40+,41+,42+,43+,44-,45+,46+,47-,48-,49-,50-,51-,52-,53-,55+,56-,57-/m0/s1. The second-order valence-corrected chi connectivity index (χ2v) is 26.8. The zero-order valence-electron chi connectivity index (χ0n) is 49.9. The Labute approximate surface area is 516 Å². The molecule has 4 bridgehead atoms. The predicted octanol–water partition coefficient (Wildman–Crippen LogP) is -9.36. The van der Waals surface area contributed by atoms with Crippen LogP contribution in [0.1, 0.15) is 65.7 Å². The largest absolute Gasteiger partial charge is 0.432 e. The first-order valence-corrected chi connectivity index (χ1v) is 30.9. The van der Waals surface area contributed by atoms with Crippen molar-refractivity contribution in [2.75, 3.05) is 39.6 Å². The molecule has 518 valence electrons. The van der Waals surface area contributed by atoms with E-state index >= 15 is 4.79 Å². The molecule has 11 aliphatic rings. The van der Waals surface area contributed by atoms with Crippen LogP contribution in [-0.2, 0) is 61.6 Å². The Balaban J connectivity index is 0.962. The van der Waals surface area contributed by atoms with Gasteiger partial charge < -0.3 is 159 Å². The fourth-order valence-corrected chi connectivity index (χ4v) is 16.3. The van der Waals surface area contributed by atoms with E-state index in [-0.39, 0.29) is 48.9 Å². The molecule has 33 nitrogen and oxygen atoms in total. The van der Waals surface area contributed by atoms with Gasteiger partial charge in [-0.15, -0.1) is 0 Å². The van der Waals surface area contributed by atoms with Crippen molar-refractivity contribution in [2.45, 2.75) is 255 Å². The number of hydrogen-bond donors (Lipinski definition) is 20. The minimum atomic E-state index is -2.44. The molecule has 6 aliphatic heterocycles. The van der Waals surface area contributed by atoms with E-state index in [9.17, 15) is 102 Å². The summed E-state index contributed by atoms with van der Waals surface area (Å²) in [5.41, 5.74) is -4.58. The Morgan fingerprint density at radius 1 is 0.500 bits per heavy atom. The second-order valence-electron chi connectivity index (χ2n) is 26.8. The molecular weight excluding hydrogens is 1210 g/mol. The van der Waals surface area contributed by atoms with Gasteiger partial charge in [0.15, 0.2) is 37.6 Å². The molecule has 90 heavy (non-hydrogen) atoms. The number of carbonyl (C=O) groups is 1. The van der Waals surface area contributed by atoms with E-state index in [0.29, 0.717) is 31.3 Å². The molecule has 0 aromatic carbocycles. The third kappa shape index (κ3) is 12.5. The highest BCUT2D eigenvalue weighted by Crippen LogP contribution is 2.66. The molecule has 0 amide bonds. The van der Waals surface area contributed by atoms with Crippen LogP contribution in [-0.4, -0.2) is 337 Å². The van der Waals surface area contributed by atoms with E-state index in [1.165, 1.54) is 0 Å². The molecule has 20 N–H and O–H groups in total. The van der Waals surface area contributed by atoms with Gasteiger partial charge >= 0.3 is 5.97 Å². The third-order valence-corrected chi connectivity index (χ3v) is 21.4. The lowest BCUT2D eigenvalue weighted by molar-refractivity contribution is -0.412. The average Bonchev–Trinajstić information content (AvgIpc) is 1.43. The zero-order valence-corrected chi connectivity index (χ0v) is 49.9. The Morgan fingerprint density at radius 3 is 1.43 bits per heavy atom. The third-order valence-electron chi connectivity index (χ3n) is 21.4. The van der Waals surface area contributed by atoms with Crippen LogP contribution in [0.15, 0.2) is 12.2 Å². The zero-order chi connectivity index (χ0) is 65.5. The summed E-state index contributed by atoms with van der Waals surface area (Å²) in [7, 11) is 0. The van der Waals surface area contributed by atoms with Crippen molar-refractivity contribution in [3.05, 3.63) is 12.2 Å². The van der Waals surface area contributed by atoms with Gasteiger partial charge in [-0.05, 0) is 93.5 Å². The van der Waals surface area contributed by atoms with Crippen LogP contribution in [0.4, 0.5) is 0 Å². The molecular formula is C57H92O33. The Bertz CT molecular complexity index is 2410. The molecule has 5 saturated carbocycles. The van der Waals surface area contributed by atoms with Crippen molar-refractivity contribution in [2.24, 2.45) is 40.9 Å². The molecule has 33 heteroatoms. The highest BCUT2D eigenvalue weighted by Gasteiger charge is 2.67. The van der Waals surface area contributed by atoms with Crippen molar-refractivity contribution in [3.63, 3.8) is 0 Å². The first kappa shape index (κ1) is 70.8. The molecule has 5 aliphatic carbocycles. The van der Waals surface area contributed by atoms with Crippen molar-refractivity contribution >= 4 is 5.97 Å². The number of aliphatic hydroxyl groups excluding tert-OH is 20. The van der Waals surface area contributed by atoms with Crippen molar-refractivity contribution in [3.8, 4) is 0 Å². The topological polar surface area (TPSA) is 532 Å². The molecule has 0 spiro atoms. The first-order chi connectivity index (χ1) is 42.6. The van der Waals surface area contributed by atoms with E-state index in [2.05, 4.69) is 6.58 Å². The second kappa shape index (κ2) is 27.8. The highest BCUT2D eigenvalue weighted by atomic mass is 16.8. The molecule has 11 rings (SSSR count). The lowest BCUT2D eigenvalue weighted by Gasteiger charge is -2.57. The minimum Gasteiger partial charge on any atom is -0.432 e. The first-order valence-electron chi connectivity index (χ1n) is 30.9. The normalized spacial score (nSPS) is 54.8. The van der Waals surface area contributed by atoms with Gasteiger partial charge in [-0.3, -0.25) is 4.79 Å². The summed E-state index contributed by atoms with van der Waals surface area (Å²) >= 11 is 0. The van der Waals surface area contributed by atoms with Crippen molar-refractivity contribution < 1.29 is 164 Å². The summed E-state index contributed by atoms with van der Waals surface area (Å²) in [6.07, 6.45) is -51.9. The maximum absolute atomic E-state index is 15.6. The van der Waals surface area contributed by atoms with E-state index in [1.807, 2.05) is 6.92 Å². The molecule has 0 aromatic rings. The van der Waals surface area contributed by atoms with E-state index < -0.39 is 246 Å². The summed E-state index contributed by atoms with van der Waals surface area (Å²) in [4.78, 5) is 15.6. The van der Waals surface area contributed by atoms with Crippen LogP contribution in [0.2, 0.25) is 0 Å². The van der Waals surface area contributed by atoms with Gasteiger partial charge in [0, 0.05) is 0 Å². The average molecular weight is 1310 g/mol. The molecule has 5 unspecified atom stereocenters. The summed E-state index contributed by atoms with van der Waals surface area (Å²) in [6, 6.07) is 0. The maximum atomic E-state index is 15.6. The number of rotatable bonds is 18. The van der Waals surface area contributed by atoms with Gasteiger partial charge in [0.1, 0.15) is 140 Å². The van der Waals surface area contributed by atoms with Crippen LogP contribution < -0.4 is 0 Å². The van der Waals surface area contributed by atoms with Crippen LogP contribution >= 0.6 is 0 Å². The van der Waals surface area contributed by atoms with Gasteiger partial charge in [-0.1, -0.05) is 19.9 Å². The highest BCUT2D eigenvalue weighted by molar-refractivity contribution is 5.77. The molecule has 0 radical (unpaired) electrons. The van der Waals surface area contributed by atoms with Gasteiger partial charge in [0.25, 0.3) is 0 Å². The quantitative estimate of drug-likeness (QED) is 0.0344. The van der Waals surface area contributed by atoms with Crippen LogP contribution in [0, 0.1) is 40.9 Å². The van der Waals surface area contributed by atoms with Gasteiger partial charge in [0.05, 0.1) is 50.7 Å². The van der Waals surface area contributed by atoms with E-state index in [0.717, 1.165) is 6.92 Å². The molecule has 11 fully saturated rings. The number of ether oxygens (including phenoxy) is 12. The molecule has 6 saturated heterocycles. The Kier molecular flexibility index (Phi) is 21.9. The number of carbonyl (C=O) groups excluding carboxylic acids is 1. The minimum absolute atomic E-state index is 0.0425. The van der Waals surface area contributed by atoms with Crippen LogP contribution in [0.5, 0.6) is 0 Å². The van der Waals surface area contributed by atoms with E-state index in [1.54, 1.807) is 6.92 Å². The number of fused-ring (bicyclic) bond motifs is 3. The fraction of sp³-hybridized carbons (Fsp3) is 0.947. The molecule has 6 heterocycles. The number of esters is 1.